The van der Waals surface area contributed by atoms with E-state index >= 15 is 0 Å². The van der Waals surface area contributed by atoms with Crippen molar-refractivity contribution in [2.75, 3.05) is 19.6 Å². The summed E-state index contributed by atoms with van der Waals surface area (Å²) in [6, 6.07) is 9.26. The highest BCUT2D eigenvalue weighted by atomic mass is 35.5. The molecule has 4 N–H and O–H groups in total. The fourth-order valence-electron chi connectivity index (χ4n) is 1.62. The van der Waals surface area contributed by atoms with Crippen molar-refractivity contribution in [3.8, 4) is 0 Å². The van der Waals surface area contributed by atoms with Gasteiger partial charge in [0.15, 0.2) is 0 Å². The summed E-state index contributed by atoms with van der Waals surface area (Å²) in [4.78, 5) is 11.7. The van der Waals surface area contributed by atoms with E-state index in [1.165, 1.54) is 0 Å². The first-order chi connectivity index (χ1) is 8.25. The molecule has 1 saturated heterocycles. The lowest BCUT2D eigenvalue weighted by Crippen LogP contribution is -2.59. The standard InChI is InChI=1S/C12H17N3O2.ClH/c16-11(15-10-6-13-7-10)8-14-12(17)9-4-2-1-3-5-9;/h1-5,10-11,13,15-16H,6-8H2,(H,14,17);1H. The van der Waals surface area contributed by atoms with Crippen LogP contribution in [0.15, 0.2) is 30.3 Å². The van der Waals surface area contributed by atoms with Crippen LogP contribution in [0.5, 0.6) is 0 Å². The molecule has 1 aliphatic heterocycles. The van der Waals surface area contributed by atoms with E-state index in [4.69, 9.17) is 0 Å². The maximum Gasteiger partial charge on any atom is 0.251 e. The molecule has 1 heterocycles. The van der Waals surface area contributed by atoms with Crippen LogP contribution in [0.1, 0.15) is 10.4 Å². The van der Waals surface area contributed by atoms with Crippen molar-refractivity contribution in [3.63, 3.8) is 0 Å². The van der Waals surface area contributed by atoms with Crippen molar-refractivity contribution in [1.29, 1.82) is 0 Å². The number of halogens is 1. The molecule has 0 saturated carbocycles. The summed E-state index contributed by atoms with van der Waals surface area (Å²) >= 11 is 0. The third-order valence-corrected chi connectivity index (χ3v) is 2.70. The van der Waals surface area contributed by atoms with Gasteiger partial charge in [-0.15, -0.1) is 12.4 Å². The first kappa shape index (κ1) is 14.9. The van der Waals surface area contributed by atoms with Crippen molar-refractivity contribution >= 4 is 18.3 Å². The number of aliphatic hydroxyl groups is 1. The Morgan fingerprint density at radius 1 is 1.39 bits per heavy atom. The van der Waals surface area contributed by atoms with E-state index in [1.54, 1.807) is 12.1 Å². The second-order valence-electron chi connectivity index (χ2n) is 4.11. The molecule has 1 aromatic rings. The van der Waals surface area contributed by atoms with Crippen LogP contribution in [0.2, 0.25) is 0 Å². The summed E-state index contributed by atoms with van der Waals surface area (Å²) in [7, 11) is 0. The van der Waals surface area contributed by atoms with E-state index in [0.717, 1.165) is 13.1 Å². The summed E-state index contributed by atoms with van der Waals surface area (Å²) in [6.07, 6.45) is -0.699. The predicted octanol–water partition coefficient (Wildman–Crippen LogP) is -0.282. The van der Waals surface area contributed by atoms with Gasteiger partial charge in [0.25, 0.3) is 5.91 Å². The molecule has 6 heteroatoms. The Balaban J connectivity index is 0.00000162. The number of carbonyl (C=O) groups is 1. The largest absolute Gasteiger partial charge is 0.377 e. The number of amides is 1. The van der Waals surface area contributed by atoms with Gasteiger partial charge in [0, 0.05) is 24.7 Å². The van der Waals surface area contributed by atoms with Crippen LogP contribution in [0.25, 0.3) is 0 Å². The average Bonchev–Trinajstić information content (AvgIpc) is 2.32. The first-order valence-corrected chi connectivity index (χ1v) is 5.74. The molecule has 1 fully saturated rings. The van der Waals surface area contributed by atoms with Gasteiger partial charge in [0.1, 0.15) is 6.23 Å². The van der Waals surface area contributed by atoms with Gasteiger partial charge in [-0.25, -0.2) is 0 Å². The van der Waals surface area contributed by atoms with Crippen LogP contribution >= 0.6 is 12.4 Å². The van der Waals surface area contributed by atoms with Gasteiger partial charge in [0.2, 0.25) is 0 Å². The molecule has 0 spiro atoms. The summed E-state index contributed by atoms with van der Waals surface area (Å²) in [5.41, 5.74) is 0.602. The molecule has 0 aromatic heterocycles. The van der Waals surface area contributed by atoms with Crippen LogP contribution in [0.4, 0.5) is 0 Å². The molecule has 0 bridgehead atoms. The van der Waals surface area contributed by atoms with Gasteiger partial charge in [-0.05, 0) is 12.1 Å². The maximum atomic E-state index is 11.7. The minimum Gasteiger partial charge on any atom is -0.377 e. The molecule has 1 unspecified atom stereocenters. The van der Waals surface area contributed by atoms with Crippen LogP contribution in [-0.2, 0) is 0 Å². The van der Waals surface area contributed by atoms with E-state index in [1.807, 2.05) is 18.2 Å². The van der Waals surface area contributed by atoms with Crippen molar-refractivity contribution < 1.29 is 9.90 Å². The zero-order valence-corrected chi connectivity index (χ0v) is 10.7. The van der Waals surface area contributed by atoms with Crippen LogP contribution < -0.4 is 16.0 Å². The second-order valence-corrected chi connectivity index (χ2v) is 4.11. The Bertz CT molecular complexity index is 371. The van der Waals surface area contributed by atoms with Gasteiger partial charge < -0.3 is 15.7 Å². The number of hydrogen-bond donors (Lipinski definition) is 4. The molecule has 1 atom stereocenters. The van der Waals surface area contributed by atoms with Gasteiger partial charge in [-0.3, -0.25) is 10.1 Å². The van der Waals surface area contributed by atoms with Crippen LogP contribution in [0.3, 0.4) is 0 Å². The molecule has 2 rings (SSSR count). The Hall–Kier alpha value is -1.14. The van der Waals surface area contributed by atoms with Gasteiger partial charge in [-0.2, -0.15) is 0 Å². The van der Waals surface area contributed by atoms with E-state index in [0.29, 0.717) is 11.6 Å². The molecule has 0 radical (unpaired) electrons. The molecule has 5 nitrogen and oxygen atoms in total. The lowest BCUT2D eigenvalue weighted by Gasteiger charge is -2.30. The van der Waals surface area contributed by atoms with E-state index in [9.17, 15) is 9.90 Å². The molecule has 1 amide bonds. The van der Waals surface area contributed by atoms with Crippen molar-refractivity contribution in [3.05, 3.63) is 35.9 Å². The normalized spacial score (nSPS) is 16.3. The first-order valence-electron chi connectivity index (χ1n) is 5.74. The predicted molar refractivity (Wildman–Crippen MR) is 71.8 cm³/mol. The van der Waals surface area contributed by atoms with E-state index in [-0.39, 0.29) is 24.9 Å². The van der Waals surface area contributed by atoms with Crippen LogP contribution in [0, 0.1) is 0 Å². The van der Waals surface area contributed by atoms with Gasteiger partial charge in [0.05, 0.1) is 6.54 Å². The van der Waals surface area contributed by atoms with Gasteiger partial charge in [-0.1, -0.05) is 18.2 Å². The maximum absolute atomic E-state index is 11.7. The Morgan fingerprint density at radius 3 is 2.61 bits per heavy atom. The minimum atomic E-state index is -0.699. The summed E-state index contributed by atoms with van der Waals surface area (Å²) in [5.74, 6) is -0.168. The SMILES string of the molecule is Cl.O=C(NCC(O)NC1CNC1)c1ccccc1. The lowest BCUT2D eigenvalue weighted by molar-refractivity contribution is 0.0841. The lowest BCUT2D eigenvalue weighted by atomic mass is 10.2. The highest BCUT2D eigenvalue weighted by Gasteiger charge is 2.19. The number of aliphatic hydroxyl groups excluding tert-OH is 1. The number of rotatable bonds is 5. The van der Waals surface area contributed by atoms with Crippen molar-refractivity contribution in [2.24, 2.45) is 0 Å². The molecule has 18 heavy (non-hydrogen) atoms. The highest BCUT2D eigenvalue weighted by Crippen LogP contribution is 1.98. The number of hydrogen-bond acceptors (Lipinski definition) is 4. The number of nitrogens with one attached hydrogen (secondary N) is 3. The Labute approximate surface area is 112 Å². The zero-order chi connectivity index (χ0) is 12.1. The smallest absolute Gasteiger partial charge is 0.251 e. The summed E-state index contributed by atoms with van der Waals surface area (Å²) in [6.45, 7) is 1.94. The van der Waals surface area contributed by atoms with Crippen LogP contribution in [-0.4, -0.2) is 42.9 Å². The minimum absolute atomic E-state index is 0. The Morgan fingerprint density at radius 2 is 2.06 bits per heavy atom. The molecule has 0 aliphatic carbocycles. The van der Waals surface area contributed by atoms with Crippen molar-refractivity contribution in [2.45, 2.75) is 12.3 Å². The second kappa shape index (κ2) is 7.33. The third kappa shape index (κ3) is 4.27. The fraction of sp³-hybridized carbons (Fsp3) is 0.417. The van der Waals surface area contributed by atoms with Crippen molar-refractivity contribution in [1.82, 2.24) is 16.0 Å². The topological polar surface area (TPSA) is 73.4 Å². The fourth-order valence-corrected chi connectivity index (χ4v) is 1.62. The quantitative estimate of drug-likeness (QED) is 0.556. The molecule has 1 aromatic carbocycles. The average molecular weight is 272 g/mol. The van der Waals surface area contributed by atoms with E-state index < -0.39 is 6.23 Å². The molecule has 1 aliphatic rings. The molecular weight excluding hydrogens is 254 g/mol. The van der Waals surface area contributed by atoms with Gasteiger partial charge >= 0.3 is 0 Å². The van der Waals surface area contributed by atoms with E-state index in [2.05, 4.69) is 16.0 Å². The summed E-state index contributed by atoms with van der Waals surface area (Å²) < 4.78 is 0. The number of benzene rings is 1. The molecule has 100 valence electrons. The third-order valence-electron chi connectivity index (χ3n) is 2.70. The molecular formula is C12H18ClN3O2. The zero-order valence-electron chi connectivity index (χ0n) is 9.93. The monoisotopic (exact) mass is 271 g/mol. The highest BCUT2D eigenvalue weighted by molar-refractivity contribution is 5.94. The number of carbonyl (C=O) groups excluding carboxylic acids is 1. The summed E-state index contributed by atoms with van der Waals surface area (Å²) in [5, 5.41) is 18.4. The Kier molecular flexibility index (Phi) is 6.07.